The number of carbonyl (C=O) groups is 1. The van der Waals surface area contributed by atoms with Crippen molar-refractivity contribution in [2.24, 2.45) is 0 Å². The van der Waals surface area contributed by atoms with Crippen LogP contribution in [0.1, 0.15) is 28.4 Å². The number of aromatic nitrogens is 4. The van der Waals surface area contributed by atoms with Gasteiger partial charge >= 0.3 is 0 Å². The van der Waals surface area contributed by atoms with E-state index < -0.39 is 5.67 Å². The molecule has 4 heterocycles. The highest BCUT2D eigenvalue weighted by atomic mass is 19.1. The van der Waals surface area contributed by atoms with Crippen LogP contribution in [0.4, 0.5) is 21.8 Å². The molecular weight excluding hydrogens is 457 g/mol. The SMILES string of the molecule is CC1(F)CN(C(=O)c2ccc3c(c2)CCN(c2nccc(Nc4ccc(-c5cn[nH]c5)cc4)n2)C3)C1. The fraction of sp³-hybridized carbons (Fsp3) is 0.259. The van der Waals surface area contributed by atoms with Crippen LogP contribution in [0.15, 0.2) is 67.1 Å². The van der Waals surface area contributed by atoms with E-state index >= 15 is 0 Å². The van der Waals surface area contributed by atoms with Crippen molar-refractivity contribution in [3.8, 4) is 11.1 Å². The molecule has 2 aliphatic rings. The Bertz CT molecular complexity index is 1390. The lowest BCUT2D eigenvalue weighted by Crippen LogP contribution is -2.59. The van der Waals surface area contributed by atoms with Gasteiger partial charge in [0.15, 0.2) is 0 Å². The van der Waals surface area contributed by atoms with E-state index in [2.05, 4.69) is 25.4 Å². The van der Waals surface area contributed by atoms with Crippen LogP contribution in [-0.4, -0.2) is 56.3 Å². The molecule has 1 saturated heterocycles. The monoisotopic (exact) mass is 483 g/mol. The van der Waals surface area contributed by atoms with Crippen molar-refractivity contribution < 1.29 is 9.18 Å². The van der Waals surface area contributed by atoms with E-state index in [1.165, 1.54) is 6.92 Å². The first-order valence-corrected chi connectivity index (χ1v) is 12.0. The second-order valence-corrected chi connectivity index (χ2v) is 9.66. The molecule has 0 saturated carbocycles. The Morgan fingerprint density at radius 3 is 2.67 bits per heavy atom. The van der Waals surface area contributed by atoms with Crippen LogP contribution >= 0.6 is 0 Å². The molecule has 4 aromatic rings. The fourth-order valence-corrected chi connectivity index (χ4v) is 4.81. The summed E-state index contributed by atoms with van der Waals surface area (Å²) in [5, 5.41) is 10.2. The van der Waals surface area contributed by atoms with Gasteiger partial charge in [0.05, 0.1) is 19.3 Å². The number of nitrogens with zero attached hydrogens (tertiary/aromatic N) is 5. The average Bonchev–Trinajstić information content (AvgIpc) is 3.42. The summed E-state index contributed by atoms with van der Waals surface area (Å²) in [5.41, 5.74) is 4.71. The van der Waals surface area contributed by atoms with Crippen molar-refractivity contribution in [3.63, 3.8) is 0 Å². The van der Waals surface area contributed by atoms with Crippen molar-refractivity contribution >= 4 is 23.4 Å². The number of halogens is 1. The molecule has 2 aromatic carbocycles. The van der Waals surface area contributed by atoms with Gasteiger partial charge in [-0.25, -0.2) is 9.37 Å². The fourth-order valence-electron chi connectivity index (χ4n) is 4.81. The summed E-state index contributed by atoms with van der Waals surface area (Å²) in [6, 6.07) is 15.7. The lowest BCUT2D eigenvalue weighted by molar-refractivity contribution is -0.00786. The number of aromatic amines is 1. The van der Waals surface area contributed by atoms with Crippen molar-refractivity contribution in [1.29, 1.82) is 0 Å². The second kappa shape index (κ2) is 8.75. The van der Waals surface area contributed by atoms with Crippen molar-refractivity contribution in [1.82, 2.24) is 25.1 Å². The highest BCUT2D eigenvalue weighted by Gasteiger charge is 2.41. The number of H-pyrrole nitrogens is 1. The molecule has 2 aliphatic heterocycles. The highest BCUT2D eigenvalue weighted by Crippen LogP contribution is 2.29. The number of carbonyl (C=O) groups excluding carboxylic acids is 1. The van der Waals surface area contributed by atoms with Gasteiger partial charge < -0.3 is 15.1 Å². The number of rotatable bonds is 5. The Hall–Kier alpha value is -4.27. The third kappa shape index (κ3) is 4.39. The van der Waals surface area contributed by atoms with Crippen LogP contribution in [-0.2, 0) is 13.0 Å². The Morgan fingerprint density at radius 2 is 1.92 bits per heavy atom. The smallest absolute Gasteiger partial charge is 0.254 e. The second-order valence-electron chi connectivity index (χ2n) is 9.66. The minimum absolute atomic E-state index is 0.102. The molecule has 8 nitrogen and oxygen atoms in total. The van der Waals surface area contributed by atoms with Crippen LogP contribution in [0.3, 0.4) is 0 Å². The summed E-state index contributed by atoms with van der Waals surface area (Å²) in [5.74, 6) is 1.27. The first-order valence-electron chi connectivity index (χ1n) is 12.0. The average molecular weight is 484 g/mol. The predicted molar refractivity (Wildman–Crippen MR) is 136 cm³/mol. The normalized spacial score (nSPS) is 16.3. The molecule has 0 spiro atoms. The first-order chi connectivity index (χ1) is 17.4. The molecule has 0 aliphatic carbocycles. The quantitative estimate of drug-likeness (QED) is 0.439. The number of amides is 1. The van der Waals surface area contributed by atoms with Crippen LogP contribution < -0.4 is 10.2 Å². The molecule has 9 heteroatoms. The van der Waals surface area contributed by atoms with Gasteiger partial charge in [-0.05, 0) is 60.4 Å². The molecule has 6 rings (SSSR count). The third-order valence-corrected chi connectivity index (χ3v) is 6.71. The number of hydrogen-bond acceptors (Lipinski definition) is 6. The van der Waals surface area contributed by atoms with Crippen LogP contribution in [0.2, 0.25) is 0 Å². The maximum Gasteiger partial charge on any atom is 0.254 e. The summed E-state index contributed by atoms with van der Waals surface area (Å²) >= 11 is 0. The summed E-state index contributed by atoms with van der Waals surface area (Å²) in [7, 11) is 0. The van der Waals surface area contributed by atoms with Gasteiger partial charge in [-0.15, -0.1) is 0 Å². The Balaban J connectivity index is 1.13. The van der Waals surface area contributed by atoms with E-state index in [-0.39, 0.29) is 19.0 Å². The molecule has 0 unspecified atom stereocenters. The maximum absolute atomic E-state index is 13.8. The van der Waals surface area contributed by atoms with Gasteiger partial charge in [0, 0.05) is 42.3 Å². The zero-order valence-electron chi connectivity index (χ0n) is 19.9. The standard InChI is InChI=1S/C27H26FN7O/c1-27(28)16-35(17-27)25(36)20-2-3-21-15-34(11-9-19(21)12-20)26-29-10-8-24(33-26)32-23-6-4-18(5-7-23)22-13-30-31-14-22/h2-8,10,12-14H,9,11,15-17H2,1H3,(H,30,31)(H,29,32,33). The first kappa shape index (κ1) is 22.2. The number of anilines is 3. The summed E-state index contributed by atoms with van der Waals surface area (Å²) in [6.07, 6.45) is 6.20. The molecular formula is C27H26FN7O. The molecule has 0 radical (unpaired) electrons. The number of alkyl halides is 1. The number of nitrogens with one attached hydrogen (secondary N) is 2. The Labute approximate surface area is 208 Å². The van der Waals surface area contributed by atoms with E-state index in [4.69, 9.17) is 4.98 Å². The number of likely N-dealkylation sites (tertiary alicyclic amines) is 1. The van der Waals surface area contributed by atoms with Gasteiger partial charge in [0.1, 0.15) is 11.5 Å². The Morgan fingerprint density at radius 1 is 1.08 bits per heavy atom. The summed E-state index contributed by atoms with van der Waals surface area (Å²) in [6.45, 7) is 3.27. The largest absolute Gasteiger partial charge is 0.340 e. The molecule has 2 N–H and O–H groups in total. The minimum atomic E-state index is -1.27. The molecule has 0 bridgehead atoms. The van der Waals surface area contributed by atoms with Crippen molar-refractivity contribution in [2.45, 2.75) is 25.6 Å². The van der Waals surface area contributed by atoms with Crippen LogP contribution in [0, 0.1) is 0 Å². The molecule has 0 atom stereocenters. The number of benzene rings is 2. The lowest BCUT2D eigenvalue weighted by atomic mass is 9.94. The van der Waals surface area contributed by atoms with E-state index in [9.17, 15) is 9.18 Å². The number of hydrogen-bond donors (Lipinski definition) is 2. The molecule has 2 aromatic heterocycles. The molecule has 1 amide bonds. The zero-order chi connectivity index (χ0) is 24.7. The van der Waals surface area contributed by atoms with Gasteiger partial charge in [0.25, 0.3) is 5.91 Å². The van der Waals surface area contributed by atoms with Gasteiger partial charge in [-0.2, -0.15) is 10.1 Å². The third-order valence-electron chi connectivity index (χ3n) is 6.71. The minimum Gasteiger partial charge on any atom is -0.340 e. The zero-order valence-corrected chi connectivity index (χ0v) is 19.9. The van der Waals surface area contributed by atoms with E-state index in [0.717, 1.165) is 46.7 Å². The predicted octanol–water partition coefficient (Wildman–Crippen LogP) is 4.36. The van der Waals surface area contributed by atoms with E-state index in [1.807, 2.05) is 54.7 Å². The van der Waals surface area contributed by atoms with Gasteiger partial charge in [-0.3, -0.25) is 9.89 Å². The van der Waals surface area contributed by atoms with Crippen molar-refractivity contribution in [2.75, 3.05) is 29.9 Å². The Kier molecular flexibility index (Phi) is 5.40. The van der Waals surface area contributed by atoms with Crippen molar-refractivity contribution in [3.05, 3.63) is 83.8 Å². The van der Waals surface area contributed by atoms with E-state index in [0.29, 0.717) is 18.1 Å². The lowest BCUT2D eigenvalue weighted by Gasteiger charge is -2.42. The topological polar surface area (TPSA) is 90.0 Å². The maximum atomic E-state index is 13.8. The van der Waals surface area contributed by atoms with E-state index in [1.54, 1.807) is 17.3 Å². The number of fused-ring (bicyclic) bond motifs is 1. The van der Waals surface area contributed by atoms with Crippen LogP contribution in [0.25, 0.3) is 11.1 Å². The van der Waals surface area contributed by atoms with Gasteiger partial charge in [-0.1, -0.05) is 18.2 Å². The molecule has 1 fully saturated rings. The highest BCUT2D eigenvalue weighted by molar-refractivity contribution is 5.95. The van der Waals surface area contributed by atoms with Gasteiger partial charge in [0.2, 0.25) is 5.95 Å². The summed E-state index contributed by atoms with van der Waals surface area (Å²) in [4.78, 5) is 25.6. The molecule has 36 heavy (non-hydrogen) atoms. The van der Waals surface area contributed by atoms with Crippen LogP contribution in [0.5, 0.6) is 0 Å². The molecule has 182 valence electrons. The summed E-state index contributed by atoms with van der Waals surface area (Å²) < 4.78 is 13.8.